The first-order valence-corrected chi connectivity index (χ1v) is 9.85. The van der Waals surface area contributed by atoms with Crippen molar-refractivity contribution in [2.75, 3.05) is 36.4 Å². The highest BCUT2D eigenvalue weighted by Crippen LogP contribution is 2.21. The fraction of sp³-hybridized carbons (Fsp3) is 0.350. The number of nitrogens with zero attached hydrogens (tertiary/aromatic N) is 4. The number of anilines is 2. The van der Waals surface area contributed by atoms with Gasteiger partial charge in [0.1, 0.15) is 11.5 Å². The molecule has 1 saturated heterocycles. The molecule has 4 rings (SSSR count). The number of hydrazone groups is 1. The molecule has 8 heteroatoms. The lowest BCUT2D eigenvalue weighted by atomic mass is 10.1. The molecule has 1 atom stereocenters. The summed E-state index contributed by atoms with van der Waals surface area (Å²) in [6, 6.07) is 12.1. The quantitative estimate of drug-likeness (QED) is 0.599. The average molecular weight is 399 g/mol. The van der Waals surface area contributed by atoms with E-state index in [0.717, 1.165) is 25.3 Å². The standard InChI is InChI=1S/C20H23FN6S/c1-14-13-26(16-5-3-2-4-6-16)9-10-27(14)20(28)25-24-17-7-8-22-18-11-15(21)12-23-19(17)18/h2-6,11-12,14,22H,7-10,13H2,1H3,(H,25,28)/b24-17-. The third-order valence-corrected chi connectivity index (χ3v) is 5.43. The van der Waals surface area contributed by atoms with E-state index in [0.29, 0.717) is 29.5 Å². The number of thiocarbonyl (C=S) groups is 1. The number of para-hydroxylation sites is 1. The highest BCUT2D eigenvalue weighted by molar-refractivity contribution is 7.80. The van der Waals surface area contributed by atoms with Crippen molar-refractivity contribution in [2.45, 2.75) is 19.4 Å². The van der Waals surface area contributed by atoms with Crippen molar-refractivity contribution >= 4 is 34.4 Å². The van der Waals surface area contributed by atoms with E-state index in [9.17, 15) is 4.39 Å². The van der Waals surface area contributed by atoms with Crippen molar-refractivity contribution in [1.82, 2.24) is 15.3 Å². The van der Waals surface area contributed by atoms with Gasteiger partial charge in [-0.05, 0) is 31.3 Å². The first-order valence-electron chi connectivity index (χ1n) is 9.45. The molecule has 1 aromatic carbocycles. The first-order chi connectivity index (χ1) is 13.6. The zero-order valence-electron chi connectivity index (χ0n) is 15.7. The summed E-state index contributed by atoms with van der Waals surface area (Å²) in [6.45, 7) is 5.49. The molecule has 28 heavy (non-hydrogen) atoms. The Hall–Kier alpha value is -2.74. The van der Waals surface area contributed by atoms with Gasteiger partial charge in [-0.3, -0.25) is 5.43 Å². The Balaban J connectivity index is 1.41. The van der Waals surface area contributed by atoms with Gasteiger partial charge >= 0.3 is 0 Å². The summed E-state index contributed by atoms with van der Waals surface area (Å²) in [6.07, 6.45) is 1.92. The molecule has 2 N–H and O–H groups in total. The molecule has 0 aliphatic carbocycles. The van der Waals surface area contributed by atoms with Crippen LogP contribution < -0.4 is 15.6 Å². The van der Waals surface area contributed by atoms with Gasteiger partial charge in [0.15, 0.2) is 5.11 Å². The van der Waals surface area contributed by atoms with Crippen LogP contribution in [0, 0.1) is 5.82 Å². The maximum absolute atomic E-state index is 13.4. The summed E-state index contributed by atoms with van der Waals surface area (Å²) in [7, 11) is 0. The topological polar surface area (TPSA) is 55.8 Å². The van der Waals surface area contributed by atoms with E-state index in [1.54, 1.807) is 0 Å². The number of pyridine rings is 1. The van der Waals surface area contributed by atoms with Crippen molar-refractivity contribution < 1.29 is 4.39 Å². The van der Waals surface area contributed by atoms with Crippen LogP contribution in [0.4, 0.5) is 15.8 Å². The van der Waals surface area contributed by atoms with E-state index in [1.165, 1.54) is 18.0 Å². The predicted octanol–water partition coefficient (Wildman–Crippen LogP) is 2.83. The van der Waals surface area contributed by atoms with Crippen LogP contribution in [0.3, 0.4) is 0 Å². The Morgan fingerprint density at radius 3 is 2.93 bits per heavy atom. The Kier molecular flexibility index (Phi) is 5.38. The number of halogens is 1. The van der Waals surface area contributed by atoms with Crippen molar-refractivity contribution in [3.8, 4) is 0 Å². The number of hydrogen-bond acceptors (Lipinski definition) is 5. The first kappa shape index (κ1) is 18.6. The second-order valence-electron chi connectivity index (χ2n) is 7.03. The molecular weight excluding hydrogens is 375 g/mol. The second kappa shape index (κ2) is 8.10. The molecule has 146 valence electrons. The van der Waals surface area contributed by atoms with Crippen LogP contribution in [0.25, 0.3) is 0 Å². The van der Waals surface area contributed by atoms with Gasteiger partial charge in [-0.25, -0.2) is 9.37 Å². The van der Waals surface area contributed by atoms with Crippen molar-refractivity contribution in [3.63, 3.8) is 0 Å². The fourth-order valence-electron chi connectivity index (χ4n) is 3.66. The number of nitrogens with one attached hydrogen (secondary N) is 2. The van der Waals surface area contributed by atoms with Crippen LogP contribution in [0.1, 0.15) is 19.0 Å². The fourth-order valence-corrected chi connectivity index (χ4v) is 3.98. The molecule has 1 fully saturated rings. The van der Waals surface area contributed by atoms with Gasteiger partial charge in [0.25, 0.3) is 0 Å². The normalized spacial score (nSPS) is 20.5. The number of piperazine rings is 1. The van der Waals surface area contributed by atoms with E-state index < -0.39 is 0 Å². The van der Waals surface area contributed by atoms with Gasteiger partial charge in [0.2, 0.25) is 0 Å². The van der Waals surface area contributed by atoms with Crippen LogP contribution in [0.15, 0.2) is 47.7 Å². The number of hydrogen-bond donors (Lipinski definition) is 2. The van der Waals surface area contributed by atoms with Gasteiger partial charge in [0.05, 0.1) is 17.6 Å². The molecule has 3 heterocycles. The molecular formula is C20H23FN6S. The summed E-state index contributed by atoms with van der Waals surface area (Å²) < 4.78 is 13.4. The highest BCUT2D eigenvalue weighted by atomic mass is 32.1. The van der Waals surface area contributed by atoms with E-state index >= 15 is 0 Å². The SMILES string of the molecule is CC1CN(c2ccccc2)CCN1C(=S)N/N=C1/CCNc2cc(F)cnc21. The smallest absolute Gasteiger partial charge is 0.189 e. The zero-order valence-corrected chi connectivity index (χ0v) is 16.5. The van der Waals surface area contributed by atoms with Crippen molar-refractivity contribution in [3.05, 3.63) is 54.1 Å². The second-order valence-corrected chi connectivity index (χ2v) is 7.41. The van der Waals surface area contributed by atoms with Gasteiger partial charge in [-0.1, -0.05) is 18.2 Å². The minimum Gasteiger partial charge on any atom is -0.383 e. The van der Waals surface area contributed by atoms with E-state index in [-0.39, 0.29) is 11.9 Å². The molecule has 1 aromatic heterocycles. The monoisotopic (exact) mass is 398 g/mol. The summed E-state index contributed by atoms with van der Waals surface area (Å²) in [5.41, 5.74) is 6.39. The van der Waals surface area contributed by atoms with Crippen LogP contribution >= 0.6 is 12.2 Å². The molecule has 2 aromatic rings. The van der Waals surface area contributed by atoms with E-state index in [2.05, 4.69) is 61.8 Å². The molecule has 0 bridgehead atoms. The Bertz CT molecular complexity index is 888. The largest absolute Gasteiger partial charge is 0.383 e. The summed E-state index contributed by atoms with van der Waals surface area (Å²) in [5, 5.41) is 8.24. The lowest BCUT2D eigenvalue weighted by Crippen LogP contribution is -2.56. The molecule has 0 radical (unpaired) electrons. The Morgan fingerprint density at radius 2 is 2.14 bits per heavy atom. The lowest BCUT2D eigenvalue weighted by molar-refractivity contribution is 0.295. The minimum atomic E-state index is -0.360. The minimum absolute atomic E-state index is 0.265. The third-order valence-electron chi connectivity index (χ3n) is 5.10. The predicted molar refractivity (Wildman–Crippen MR) is 114 cm³/mol. The maximum atomic E-state index is 13.4. The van der Waals surface area contributed by atoms with Crippen LogP contribution in [-0.4, -0.2) is 52.9 Å². The number of fused-ring (bicyclic) bond motifs is 1. The van der Waals surface area contributed by atoms with Crippen molar-refractivity contribution in [1.29, 1.82) is 0 Å². The molecule has 6 nitrogen and oxygen atoms in total. The summed E-state index contributed by atoms with van der Waals surface area (Å²) in [4.78, 5) is 8.72. The Labute approximate surface area is 169 Å². The van der Waals surface area contributed by atoms with Gasteiger partial charge in [-0.2, -0.15) is 5.10 Å². The molecule has 0 amide bonds. The third kappa shape index (κ3) is 3.91. The molecule has 2 aliphatic rings. The highest BCUT2D eigenvalue weighted by Gasteiger charge is 2.26. The summed E-state index contributed by atoms with van der Waals surface area (Å²) >= 11 is 5.59. The zero-order chi connectivity index (χ0) is 19.5. The Morgan fingerprint density at radius 1 is 1.32 bits per heavy atom. The molecule has 0 spiro atoms. The molecule has 2 aliphatic heterocycles. The van der Waals surface area contributed by atoms with Crippen LogP contribution in [0.5, 0.6) is 0 Å². The van der Waals surface area contributed by atoms with Gasteiger partial charge in [-0.15, -0.1) is 0 Å². The molecule has 1 unspecified atom stereocenters. The van der Waals surface area contributed by atoms with Crippen LogP contribution in [0.2, 0.25) is 0 Å². The van der Waals surface area contributed by atoms with E-state index in [1.807, 2.05) is 6.07 Å². The maximum Gasteiger partial charge on any atom is 0.189 e. The van der Waals surface area contributed by atoms with Gasteiger partial charge < -0.3 is 15.1 Å². The summed E-state index contributed by atoms with van der Waals surface area (Å²) in [5.74, 6) is -0.360. The molecule has 0 saturated carbocycles. The number of rotatable bonds is 2. The number of aromatic nitrogens is 1. The average Bonchev–Trinajstić information content (AvgIpc) is 2.72. The van der Waals surface area contributed by atoms with Crippen LogP contribution in [-0.2, 0) is 0 Å². The van der Waals surface area contributed by atoms with Gasteiger partial charge in [0, 0.05) is 50.4 Å². The van der Waals surface area contributed by atoms with E-state index in [4.69, 9.17) is 12.2 Å². The lowest BCUT2D eigenvalue weighted by Gasteiger charge is -2.41. The number of benzene rings is 1. The van der Waals surface area contributed by atoms with Crippen molar-refractivity contribution in [2.24, 2.45) is 5.10 Å².